The van der Waals surface area contributed by atoms with Crippen molar-refractivity contribution in [2.45, 2.75) is 6.92 Å². The molecule has 0 aliphatic carbocycles. The lowest BCUT2D eigenvalue weighted by atomic mass is 10.2. The molecule has 14 heavy (non-hydrogen) atoms. The van der Waals surface area contributed by atoms with Crippen LogP contribution in [0.1, 0.15) is 12.5 Å². The van der Waals surface area contributed by atoms with Crippen LogP contribution in [0.15, 0.2) is 32.8 Å². The molecule has 1 rings (SSSR count). The second-order valence-corrected chi connectivity index (χ2v) is 4.25. The van der Waals surface area contributed by atoms with Gasteiger partial charge < -0.3 is 5.32 Å². The van der Waals surface area contributed by atoms with Crippen molar-refractivity contribution in [3.05, 3.63) is 38.4 Å². The van der Waals surface area contributed by atoms with Crippen molar-refractivity contribution in [1.29, 1.82) is 0 Å². The molecule has 0 radical (unpaired) electrons. The Kier molecular flexibility index (Phi) is 4.60. The Morgan fingerprint density at radius 3 is 2.43 bits per heavy atom. The van der Waals surface area contributed by atoms with Crippen molar-refractivity contribution < 1.29 is 4.79 Å². The van der Waals surface area contributed by atoms with Crippen molar-refractivity contribution in [2.24, 2.45) is 0 Å². The third-order valence-corrected chi connectivity index (χ3v) is 2.73. The van der Waals surface area contributed by atoms with Gasteiger partial charge in [0.15, 0.2) is 0 Å². The normalized spacial score (nSPS) is 11.2. The van der Waals surface area contributed by atoms with E-state index in [1.807, 2.05) is 28.3 Å². The molecule has 1 aromatic rings. The Morgan fingerprint density at radius 2 is 2.00 bits per heavy atom. The largest absolute Gasteiger partial charge is 0.325 e. The van der Waals surface area contributed by atoms with Gasteiger partial charge in [0.25, 0.3) is 0 Å². The molecule has 0 aromatic heterocycles. The van der Waals surface area contributed by atoms with E-state index in [9.17, 15) is 4.79 Å². The van der Waals surface area contributed by atoms with Gasteiger partial charge in [-0.05, 0) is 17.7 Å². The van der Waals surface area contributed by atoms with E-state index in [0.29, 0.717) is 0 Å². The van der Waals surface area contributed by atoms with E-state index in [2.05, 4.69) is 43.8 Å². The highest BCUT2D eigenvalue weighted by molar-refractivity contribution is 14.1. The minimum absolute atomic E-state index is 0.0594. The van der Waals surface area contributed by atoms with Gasteiger partial charge in [-0.3, -0.25) is 4.79 Å². The molecule has 0 bridgehead atoms. The van der Waals surface area contributed by atoms with E-state index in [0.717, 1.165) is 15.7 Å². The van der Waals surface area contributed by atoms with E-state index in [4.69, 9.17) is 0 Å². The maximum atomic E-state index is 10.9. The SMILES string of the molecule is CC(=O)N/C(=C/I)c1ccc(Br)cc1. The highest BCUT2D eigenvalue weighted by atomic mass is 127. The molecule has 0 aliphatic rings. The predicted octanol–water partition coefficient (Wildman–Crippen LogP) is 3.32. The number of nitrogens with one attached hydrogen (secondary N) is 1. The minimum atomic E-state index is -0.0594. The number of benzene rings is 1. The van der Waals surface area contributed by atoms with Gasteiger partial charge in [-0.2, -0.15) is 0 Å². The Morgan fingerprint density at radius 1 is 1.43 bits per heavy atom. The molecule has 0 heterocycles. The second-order valence-electron chi connectivity index (χ2n) is 2.71. The molecule has 0 atom stereocenters. The number of hydrogen-bond acceptors (Lipinski definition) is 1. The maximum absolute atomic E-state index is 10.9. The molecule has 1 N–H and O–H groups in total. The number of hydrogen-bond donors (Lipinski definition) is 1. The molecule has 0 unspecified atom stereocenters. The Bertz CT molecular complexity index is 359. The third kappa shape index (κ3) is 3.42. The summed E-state index contributed by atoms with van der Waals surface area (Å²) < 4.78 is 2.87. The molecule has 0 spiro atoms. The summed E-state index contributed by atoms with van der Waals surface area (Å²) in [6, 6.07) is 7.78. The van der Waals surface area contributed by atoms with Gasteiger partial charge in [-0.25, -0.2) is 0 Å². The van der Waals surface area contributed by atoms with Crippen LogP contribution >= 0.6 is 38.5 Å². The van der Waals surface area contributed by atoms with Crippen molar-refractivity contribution in [2.75, 3.05) is 0 Å². The fourth-order valence-electron chi connectivity index (χ4n) is 0.982. The Balaban J connectivity index is 2.91. The lowest BCUT2D eigenvalue weighted by Gasteiger charge is -2.06. The molecule has 1 aromatic carbocycles. The summed E-state index contributed by atoms with van der Waals surface area (Å²) >= 11 is 5.47. The van der Waals surface area contributed by atoms with Gasteiger partial charge in [0, 0.05) is 15.5 Å². The average Bonchev–Trinajstić information content (AvgIpc) is 2.15. The summed E-state index contributed by atoms with van der Waals surface area (Å²) in [6.07, 6.45) is 0. The summed E-state index contributed by atoms with van der Waals surface area (Å²) in [5, 5.41) is 2.76. The number of carbonyl (C=O) groups is 1. The van der Waals surface area contributed by atoms with Crippen LogP contribution in [0.3, 0.4) is 0 Å². The number of halogens is 2. The first-order valence-corrected chi connectivity index (χ1v) is 6.01. The first-order valence-electron chi connectivity index (χ1n) is 3.97. The van der Waals surface area contributed by atoms with Crippen LogP contribution < -0.4 is 5.32 Å². The van der Waals surface area contributed by atoms with Crippen LogP contribution in [0.2, 0.25) is 0 Å². The zero-order chi connectivity index (χ0) is 10.6. The summed E-state index contributed by atoms with van der Waals surface area (Å²) in [4.78, 5) is 10.9. The van der Waals surface area contributed by atoms with Crippen LogP contribution in [-0.2, 0) is 4.79 Å². The molecule has 74 valence electrons. The number of amides is 1. The van der Waals surface area contributed by atoms with Crippen molar-refractivity contribution in [1.82, 2.24) is 5.32 Å². The van der Waals surface area contributed by atoms with E-state index in [1.165, 1.54) is 6.92 Å². The van der Waals surface area contributed by atoms with Gasteiger partial charge in [0.2, 0.25) is 5.91 Å². The fraction of sp³-hybridized carbons (Fsp3) is 0.100. The second kappa shape index (κ2) is 5.50. The number of carbonyl (C=O) groups excluding carboxylic acids is 1. The van der Waals surface area contributed by atoms with Gasteiger partial charge in [0.1, 0.15) is 0 Å². The summed E-state index contributed by atoms with van der Waals surface area (Å²) in [5.74, 6) is -0.0594. The Hall–Kier alpha value is -0.360. The van der Waals surface area contributed by atoms with Crippen LogP contribution in [-0.4, -0.2) is 5.91 Å². The zero-order valence-electron chi connectivity index (χ0n) is 7.55. The highest BCUT2D eigenvalue weighted by Gasteiger charge is 2.01. The summed E-state index contributed by atoms with van der Waals surface area (Å²) in [5.41, 5.74) is 1.82. The van der Waals surface area contributed by atoms with E-state index >= 15 is 0 Å². The van der Waals surface area contributed by atoms with Gasteiger partial charge in [-0.1, -0.05) is 50.7 Å². The zero-order valence-corrected chi connectivity index (χ0v) is 11.3. The first kappa shape index (κ1) is 11.7. The predicted molar refractivity (Wildman–Crippen MR) is 70.0 cm³/mol. The van der Waals surface area contributed by atoms with Crippen molar-refractivity contribution in [3.63, 3.8) is 0 Å². The molecule has 1 amide bonds. The summed E-state index contributed by atoms with van der Waals surface area (Å²) in [6.45, 7) is 1.50. The molecular formula is C10H9BrINO. The van der Waals surface area contributed by atoms with Crippen LogP contribution in [0.5, 0.6) is 0 Å². The van der Waals surface area contributed by atoms with Gasteiger partial charge in [0.05, 0.1) is 5.70 Å². The lowest BCUT2D eigenvalue weighted by Crippen LogP contribution is -2.17. The van der Waals surface area contributed by atoms with Crippen LogP contribution in [0.4, 0.5) is 0 Å². The quantitative estimate of drug-likeness (QED) is 0.800. The lowest BCUT2D eigenvalue weighted by molar-refractivity contribution is -0.117. The first-order chi connectivity index (χ1) is 6.63. The molecule has 0 fully saturated rings. The maximum Gasteiger partial charge on any atom is 0.221 e. The van der Waals surface area contributed by atoms with E-state index < -0.39 is 0 Å². The van der Waals surface area contributed by atoms with E-state index in [1.54, 1.807) is 0 Å². The molecular weight excluding hydrogens is 357 g/mol. The van der Waals surface area contributed by atoms with Crippen LogP contribution in [0.25, 0.3) is 5.70 Å². The van der Waals surface area contributed by atoms with Crippen LogP contribution in [0, 0.1) is 0 Å². The monoisotopic (exact) mass is 365 g/mol. The van der Waals surface area contributed by atoms with Gasteiger partial charge >= 0.3 is 0 Å². The van der Waals surface area contributed by atoms with Gasteiger partial charge in [-0.15, -0.1) is 0 Å². The molecule has 4 heteroatoms. The van der Waals surface area contributed by atoms with E-state index in [-0.39, 0.29) is 5.91 Å². The molecule has 0 saturated heterocycles. The number of rotatable bonds is 2. The third-order valence-electron chi connectivity index (χ3n) is 1.58. The average molecular weight is 366 g/mol. The topological polar surface area (TPSA) is 29.1 Å². The Labute approximate surface area is 105 Å². The molecule has 0 aliphatic heterocycles. The summed E-state index contributed by atoms with van der Waals surface area (Å²) in [7, 11) is 0. The molecule has 2 nitrogen and oxygen atoms in total. The fourth-order valence-corrected chi connectivity index (χ4v) is 1.76. The minimum Gasteiger partial charge on any atom is -0.325 e. The molecule has 0 saturated carbocycles. The van der Waals surface area contributed by atoms with Crippen molar-refractivity contribution >= 4 is 50.1 Å². The highest BCUT2D eigenvalue weighted by Crippen LogP contribution is 2.17. The standard InChI is InChI=1S/C10H9BrINO/c1-7(14)13-10(6-12)8-2-4-9(11)5-3-8/h2-6H,1H3,(H,13,14)/b10-6+. The smallest absolute Gasteiger partial charge is 0.221 e. The van der Waals surface area contributed by atoms with Crippen molar-refractivity contribution in [3.8, 4) is 0 Å².